The molecule has 102 valence electrons. The van der Waals surface area contributed by atoms with E-state index in [9.17, 15) is 0 Å². The number of hydrogen-bond donors (Lipinski definition) is 2. The Hall–Kier alpha value is -0.0800. The van der Waals surface area contributed by atoms with Crippen LogP contribution in [0.25, 0.3) is 0 Å². The minimum Gasteiger partial charge on any atom is -0.316 e. The fraction of sp³-hybridized carbons (Fsp3) is 1.00. The van der Waals surface area contributed by atoms with Crippen LogP contribution in [0.15, 0.2) is 0 Å². The Kier molecular flexibility index (Phi) is 7.87. The molecule has 3 atom stereocenters. The topological polar surface area (TPSA) is 24.1 Å². The first-order valence-electron chi connectivity index (χ1n) is 7.68. The van der Waals surface area contributed by atoms with Gasteiger partial charge in [0, 0.05) is 6.04 Å². The molecule has 2 heteroatoms. The van der Waals surface area contributed by atoms with Gasteiger partial charge >= 0.3 is 0 Å². The standard InChI is InChI=1S/C15H32N2/c1-4-5-7-14(3)17-11-9-13(2)15-8-6-10-16-12-15/h13-17H,4-12H2,1-3H3. The van der Waals surface area contributed by atoms with Gasteiger partial charge in [-0.05, 0) is 64.1 Å². The third kappa shape index (κ3) is 6.42. The molecule has 0 radical (unpaired) electrons. The van der Waals surface area contributed by atoms with E-state index in [0.717, 1.165) is 11.8 Å². The van der Waals surface area contributed by atoms with E-state index >= 15 is 0 Å². The molecule has 0 aromatic heterocycles. The molecule has 0 spiro atoms. The van der Waals surface area contributed by atoms with E-state index in [4.69, 9.17) is 0 Å². The lowest BCUT2D eigenvalue weighted by molar-refractivity contribution is 0.263. The Morgan fingerprint density at radius 3 is 2.76 bits per heavy atom. The predicted molar refractivity (Wildman–Crippen MR) is 76.4 cm³/mol. The quantitative estimate of drug-likeness (QED) is 0.681. The SMILES string of the molecule is CCCCC(C)NCCC(C)C1CCCNC1. The summed E-state index contributed by atoms with van der Waals surface area (Å²) in [6, 6.07) is 0.701. The molecule has 1 fully saturated rings. The fourth-order valence-corrected chi connectivity index (χ4v) is 2.77. The van der Waals surface area contributed by atoms with Crippen molar-refractivity contribution in [2.24, 2.45) is 11.8 Å². The summed E-state index contributed by atoms with van der Waals surface area (Å²) in [5.41, 5.74) is 0. The van der Waals surface area contributed by atoms with Gasteiger partial charge in [0.1, 0.15) is 0 Å². The van der Waals surface area contributed by atoms with E-state index in [1.165, 1.54) is 58.2 Å². The molecule has 1 saturated heterocycles. The zero-order valence-electron chi connectivity index (χ0n) is 12.1. The van der Waals surface area contributed by atoms with Crippen molar-refractivity contribution in [3.63, 3.8) is 0 Å². The van der Waals surface area contributed by atoms with Gasteiger partial charge in [-0.25, -0.2) is 0 Å². The van der Waals surface area contributed by atoms with Crippen LogP contribution in [-0.2, 0) is 0 Å². The molecule has 0 amide bonds. The highest BCUT2D eigenvalue weighted by Crippen LogP contribution is 2.21. The summed E-state index contributed by atoms with van der Waals surface area (Å²) >= 11 is 0. The second kappa shape index (κ2) is 8.93. The zero-order chi connectivity index (χ0) is 12.5. The molecule has 0 aromatic rings. The Morgan fingerprint density at radius 1 is 1.29 bits per heavy atom. The van der Waals surface area contributed by atoms with Crippen LogP contribution in [0.5, 0.6) is 0 Å². The number of piperidine rings is 1. The van der Waals surface area contributed by atoms with Crippen LogP contribution in [-0.4, -0.2) is 25.7 Å². The van der Waals surface area contributed by atoms with Crippen LogP contribution in [0.1, 0.15) is 59.3 Å². The highest BCUT2D eigenvalue weighted by atomic mass is 14.9. The molecule has 2 N–H and O–H groups in total. The Morgan fingerprint density at radius 2 is 2.12 bits per heavy atom. The summed E-state index contributed by atoms with van der Waals surface area (Å²) in [7, 11) is 0. The molecule has 1 aliphatic rings. The molecule has 3 unspecified atom stereocenters. The van der Waals surface area contributed by atoms with Crippen LogP contribution in [0, 0.1) is 11.8 Å². The summed E-state index contributed by atoms with van der Waals surface area (Å²) < 4.78 is 0. The van der Waals surface area contributed by atoms with Crippen molar-refractivity contribution in [1.82, 2.24) is 10.6 Å². The van der Waals surface area contributed by atoms with E-state index in [1.54, 1.807) is 0 Å². The van der Waals surface area contributed by atoms with E-state index in [0.29, 0.717) is 6.04 Å². The highest BCUT2D eigenvalue weighted by molar-refractivity contribution is 4.74. The lowest BCUT2D eigenvalue weighted by atomic mass is 9.85. The average molecular weight is 240 g/mol. The molecule has 1 rings (SSSR count). The van der Waals surface area contributed by atoms with Gasteiger partial charge in [0.15, 0.2) is 0 Å². The van der Waals surface area contributed by atoms with Crippen molar-refractivity contribution in [3.05, 3.63) is 0 Å². The molecule has 17 heavy (non-hydrogen) atoms. The molecule has 0 saturated carbocycles. The number of unbranched alkanes of at least 4 members (excludes halogenated alkanes) is 1. The minimum absolute atomic E-state index is 0.701. The molecule has 2 nitrogen and oxygen atoms in total. The van der Waals surface area contributed by atoms with Gasteiger partial charge in [0.05, 0.1) is 0 Å². The lowest BCUT2D eigenvalue weighted by Crippen LogP contribution is -2.35. The van der Waals surface area contributed by atoms with Crippen LogP contribution >= 0.6 is 0 Å². The lowest BCUT2D eigenvalue weighted by Gasteiger charge is -2.28. The van der Waals surface area contributed by atoms with Gasteiger partial charge in [-0.3, -0.25) is 0 Å². The van der Waals surface area contributed by atoms with E-state index in [-0.39, 0.29) is 0 Å². The van der Waals surface area contributed by atoms with Gasteiger partial charge in [-0.1, -0.05) is 26.7 Å². The Balaban J connectivity index is 2.04. The molecular weight excluding hydrogens is 208 g/mol. The van der Waals surface area contributed by atoms with Crippen molar-refractivity contribution in [1.29, 1.82) is 0 Å². The van der Waals surface area contributed by atoms with E-state index < -0.39 is 0 Å². The fourth-order valence-electron chi connectivity index (χ4n) is 2.77. The van der Waals surface area contributed by atoms with E-state index in [2.05, 4.69) is 31.4 Å². The van der Waals surface area contributed by atoms with Crippen molar-refractivity contribution in [3.8, 4) is 0 Å². The minimum atomic E-state index is 0.701. The Bertz CT molecular complexity index is 176. The van der Waals surface area contributed by atoms with E-state index in [1.807, 2.05) is 0 Å². The predicted octanol–water partition coefficient (Wildman–Crippen LogP) is 3.18. The maximum Gasteiger partial charge on any atom is 0.00387 e. The number of hydrogen-bond acceptors (Lipinski definition) is 2. The maximum atomic E-state index is 3.67. The monoisotopic (exact) mass is 240 g/mol. The largest absolute Gasteiger partial charge is 0.316 e. The van der Waals surface area contributed by atoms with Crippen LogP contribution in [0.4, 0.5) is 0 Å². The summed E-state index contributed by atoms with van der Waals surface area (Å²) in [6.45, 7) is 10.7. The molecule has 1 aliphatic heterocycles. The zero-order valence-corrected chi connectivity index (χ0v) is 12.1. The normalized spacial score (nSPS) is 24.5. The maximum absolute atomic E-state index is 3.67. The van der Waals surface area contributed by atoms with Crippen LogP contribution < -0.4 is 10.6 Å². The molecule has 1 heterocycles. The first-order chi connectivity index (χ1) is 8.24. The summed E-state index contributed by atoms with van der Waals surface area (Å²) in [4.78, 5) is 0. The first-order valence-corrected chi connectivity index (χ1v) is 7.68. The van der Waals surface area contributed by atoms with Crippen LogP contribution in [0.3, 0.4) is 0 Å². The first kappa shape index (κ1) is 15.0. The molecule has 0 aromatic carbocycles. The highest BCUT2D eigenvalue weighted by Gasteiger charge is 2.19. The Labute approximate surface area is 108 Å². The smallest absolute Gasteiger partial charge is 0.00387 e. The van der Waals surface area contributed by atoms with Gasteiger partial charge in [-0.15, -0.1) is 0 Å². The van der Waals surface area contributed by atoms with Gasteiger partial charge in [0.25, 0.3) is 0 Å². The molecule has 0 bridgehead atoms. The van der Waals surface area contributed by atoms with Crippen molar-refractivity contribution >= 4 is 0 Å². The van der Waals surface area contributed by atoms with Crippen molar-refractivity contribution < 1.29 is 0 Å². The number of rotatable bonds is 8. The second-order valence-corrected chi connectivity index (χ2v) is 5.87. The summed E-state index contributed by atoms with van der Waals surface area (Å²) in [6.07, 6.45) is 8.14. The molecular formula is C15H32N2. The van der Waals surface area contributed by atoms with Gasteiger partial charge in [0.2, 0.25) is 0 Å². The average Bonchev–Trinajstić information content (AvgIpc) is 2.37. The van der Waals surface area contributed by atoms with Crippen LogP contribution in [0.2, 0.25) is 0 Å². The van der Waals surface area contributed by atoms with Crippen molar-refractivity contribution in [2.45, 2.75) is 65.3 Å². The summed E-state index contributed by atoms with van der Waals surface area (Å²) in [5, 5.41) is 7.19. The van der Waals surface area contributed by atoms with Gasteiger partial charge in [-0.2, -0.15) is 0 Å². The van der Waals surface area contributed by atoms with Gasteiger partial charge < -0.3 is 10.6 Å². The molecule has 0 aliphatic carbocycles. The second-order valence-electron chi connectivity index (χ2n) is 5.87. The third-order valence-corrected chi connectivity index (χ3v) is 4.22. The third-order valence-electron chi connectivity index (χ3n) is 4.22. The number of nitrogens with one attached hydrogen (secondary N) is 2. The van der Waals surface area contributed by atoms with Crippen molar-refractivity contribution in [2.75, 3.05) is 19.6 Å². The summed E-state index contributed by atoms with van der Waals surface area (Å²) in [5.74, 6) is 1.78.